The minimum absolute atomic E-state index is 0.00488. The summed E-state index contributed by atoms with van der Waals surface area (Å²) >= 11 is 0. The number of nitrogens with zero attached hydrogens (tertiary/aromatic N) is 1. The highest BCUT2D eigenvalue weighted by atomic mass is 16.5. The number of amides is 1. The molecule has 148 valence electrons. The number of nitrogens with one attached hydrogen (secondary N) is 1. The van der Waals surface area contributed by atoms with Crippen LogP contribution in [0.2, 0.25) is 0 Å². The Hall–Kier alpha value is -2.88. The van der Waals surface area contributed by atoms with Crippen molar-refractivity contribution in [1.29, 1.82) is 0 Å². The van der Waals surface area contributed by atoms with Gasteiger partial charge in [-0.25, -0.2) is 0 Å². The van der Waals surface area contributed by atoms with Gasteiger partial charge in [0.05, 0.1) is 5.41 Å². The topological polar surface area (TPSA) is 55.1 Å². The summed E-state index contributed by atoms with van der Waals surface area (Å²) < 4.78 is 5.46. The lowest BCUT2D eigenvalue weighted by atomic mass is 9.52. The third-order valence-electron chi connectivity index (χ3n) is 6.64. The fraction of sp³-hybridized carbons (Fsp3) is 0.360. The predicted molar refractivity (Wildman–Crippen MR) is 113 cm³/mol. The van der Waals surface area contributed by atoms with E-state index < -0.39 is 5.41 Å². The van der Waals surface area contributed by atoms with Crippen molar-refractivity contribution in [1.82, 2.24) is 5.16 Å². The van der Waals surface area contributed by atoms with Gasteiger partial charge in [-0.3, -0.25) is 4.79 Å². The molecule has 1 amide bonds. The molecule has 0 saturated carbocycles. The van der Waals surface area contributed by atoms with Crippen molar-refractivity contribution in [3.05, 3.63) is 82.6 Å². The number of anilines is 1. The zero-order valence-electron chi connectivity index (χ0n) is 17.3. The zero-order valence-corrected chi connectivity index (χ0v) is 17.3. The number of rotatable bonds is 2. The SMILES string of the molecule is CC(C)(C)c1cc(NC(=O)C2(C)CC3c4ccccc4C2c2ccccc23)no1. The lowest BCUT2D eigenvalue weighted by molar-refractivity contribution is -0.126. The van der Waals surface area contributed by atoms with E-state index in [0.717, 1.165) is 12.2 Å². The van der Waals surface area contributed by atoms with Crippen molar-refractivity contribution in [2.24, 2.45) is 5.41 Å². The molecule has 4 heteroatoms. The fourth-order valence-electron chi connectivity index (χ4n) is 5.14. The monoisotopic (exact) mass is 386 g/mol. The largest absolute Gasteiger partial charge is 0.359 e. The van der Waals surface area contributed by atoms with Gasteiger partial charge in [0.1, 0.15) is 5.76 Å². The molecule has 4 nitrogen and oxygen atoms in total. The molecule has 0 fully saturated rings. The number of benzene rings is 2. The summed E-state index contributed by atoms with van der Waals surface area (Å²) in [4.78, 5) is 13.6. The molecule has 1 unspecified atom stereocenters. The number of carbonyl (C=O) groups is 1. The first-order valence-electron chi connectivity index (χ1n) is 10.3. The molecule has 3 aliphatic rings. The standard InChI is InChI=1S/C25H26N2O2/c1-24(2,3)20-13-21(27-29-20)26-23(28)25(4)14-19-15-9-5-7-11-17(15)22(25)18-12-8-6-10-16(18)19/h5-13,19,22H,14H2,1-4H3,(H,26,27,28). The van der Waals surface area contributed by atoms with Crippen molar-refractivity contribution < 1.29 is 9.32 Å². The van der Waals surface area contributed by atoms with Crippen LogP contribution in [-0.2, 0) is 10.2 Å². The molecule has 1 heterocycles. The van der Waals surface area contributed by atoms with Gasteiger partial charge < -0.3 is 9.84 Å². The Bertz CT molecular complexity index is 1060. The molecule has 0 saturated heterocycles. The van der Waals surface area contributed by atoms with Crippen LogP contribution in [0.25, 0.3) is 0 Å². The van der Waals surface area contributed by atoms with Crippen molar-refractivity contribution in [3.8, 4) is 0 Å². The van der Waals surface area contributed by atoms with E-state index in [1.165, 1.54) is 22.3 Å². The van der Waals surface area contributed by atoms with Crippen LogP contribution in [-0.4, -0.2) is 11.1 Å². The molecule has 3 aliphatic carbocycles. The summed E-state index contributed by atoms with van der Waals surface area (Å²) in [6.45, 7) is 8.29. The first-order chi connectivity index (χ1) is 13.8. The molecule has 3 aromatic rings. The van der Waals surface area contributed by atoms with Gasteiger partial charge in [-0.2, -0.15) is 0 Å². The molecular weight excluding hydrogens is 360 g/mol. The Balaban J connectivity index is 1.54. The van der Waals surface area contributed by atoms with Crippen LogP contribution in [0.15, 0.2) is 59.1 Å². The number of aromatic nitrogens is 1. The lowest BCUT2D eigenvalue weighted by Gasteiger charge is -2.50. The number of hydrogen-bond acceptors (Lipinski definition) is 3. The van der Waals surface area contributed by atoms with Gasteiger partial charge in [0.15, 0.2) is 5.82 Å². The minimum atomic E-state index is -0.547. The molecule has 0 radical (unpaired) electrons. The molecular formula is C25H26N2O2. The second-order valence-corrected chi connectivity index (χ2v) is 9.65. The first-order valence-corrected chi connectivity index (χ1v) is 10.3. The van der Waals surface area contributed by atoms with E-state index >= 15 is 0 Å². The van der Waals surface area contributed by atoms with Gasteiger partial charge in [0.2, 0.25) is 5.91 Å². The molecule has 29 heavy (non-hydrogen) atoms. The maximum atomic E-state index is 13.6. The molecule has 1 aromatic heterocycles. The van der Waals surface area contributed by atoms with Gasteiger partial charge in [0.25, 0.3) is 0 Å². The quantitative estimate of drug-likeness (QED) is 0.624. The first kappa shape index (κ1) is 18.2. The molecule has 2 aromatic carbocycles. The molecule has 2 bridgehead atoms. The van der Waals surface area contributed by atoms with Crippen molar-refractivity contribution in [2.45, 2.75) is 51.4 Å². The summed E-state index contributed by atoms with van der Waals surface area (Å²) in [5, 5.41) is 7.14. The predicted octanol–water partition coefficient (Wildman–Crippen LogP) is 5.60. The average molecular weight is 386 g/mol. The highest BCUT2D eigenvalue weighted by Crippen LogP contribution is 2.61. The van der Waals surface area contributed by atoms with E-state index in [9.17, 15) is 4.79 Å². The van der Waals surface area contributed by atoms with Gasteiger partial charge in [-0.1, -0.05) is 74.5 Å². The number of carbonyl (C=O) groups excluding carboxylic acids is 1. The highest BCUT2D eigenvalue weighted by molar-refractivity contribution is 5.96. The van der Waals surface area contributed by atoms with Crippen LogP contribution in [0.3, 0.4) is 0 Å². The summed E-state index contributed by atoms with van der Waals surface area (Å²) in [7, 11) is 0. The van der Waals surface area contributed by atoms with E-state index in [1.807, 2.05) is 6.07 Å². The van der Waals surface area contributed by atoms with Crippen LogP contribution < -0.4 is 5.32 Å². The van der Waals surface area contributed by atoms with Crippen LogP contribution in [0, 0.1) is 5.41 Å². The van der Waals surface area contributed by atoms with E-state index in [4.69, 9.17) is 4.52 Å². The molecule has 1 N–H and O–H groups in total. The Morgan fingerprint density at radius 1 is 1.03 bits per heavy atom. The Kier molecular flexibility index (Phi) is 3.79. The lowest BCUT2D eigenvalue weighted by Crippen LogP contribution is -2.47. The Labute approximate surface area is 171 Å². The molecule has 6 rings (SSSR count). The number of hydrogen-bond donors (Lipinski definition) is 1. The van der Waals surface area contributed by atoms with Gasteiger partial charge in [0, 0.05) is 23.3 Å². The fourth-order valence-corrected chi connectivity index (χ4v) is 5.14. The Morgan fingerprint density at radius 2 is 1.59 bits per heavy atom. The minimum Gasteiger partial charge on any atom is -0.359 e. The Morgan fingerprint density at radius 3 is 2.10 bits per heavy atom. The van der Waals surface area contributed by atoms with E-state index in [2.05, 4.69) is 86.7 Å². The molecule has 1 atom stereocenters. The van der Waals surface area contributed by atoms with Gasteiger partial charge >= 0.3 is 0 Å². The zero-order chi connectivity index (χ0) is 20.4. The summed E-state index contributed by atoms with van der Waals surface area (Å²) in [5.74, 6) is 1.53. The van der Waals surface area contributed by atoms with Crippen molar-refractivity contribution in [2.75, 3.05) is 5.32 Å². The maximum Gasteiger partial charge on any atom is 0.232 e. The summed E-state index contributed by atoms with van der Waals surface area (Å²) in [5.41, 5.74) is 4.57. The third kappa shape index (κ3) is 2.65. The molecule has 0 spiro atoms. The number of fused-ring (bicyclic) bond motifs is 1. The van der Waals surface area contributed by atoms with Gasteiger partial charge in [-0.05, 0) is 35.6 Å². The summed E-state index contributed by atoms with van der Waals surface area (Å²) in [6.07, 6.45) is 0.793. The summed E-state index contributed by atoms with van der Waals surface area (Å²) in [6, 6.07) is 19.0. The third-order valence-corrected chi connectivity index (χ3v) is 6.64. The van der Waals surface area contributed by atoms with E-state index in [1.54, 1.807) is 0 Å². The van der Waals surface area contributed by atoms with Crippen LogP contribution in [0.4, 0.5) is 5.82 Å². The van der Waals surface area contributed by atoms with Gasteiger partial charge in [-0.15, -0.1) is 0 Å². The van der Waals surface area contributed by atoms with Crippen molar-refractivity contribution >= 4 is 11.7 Å². The smallest absolute Gasteiger partial charge is 0.232 e. The second-order valence-electron chi connectivity index (χ2n) is 9.65. The normalized spacial score (nSPS) is 24.7. The highest BCUT2D eigenvalue weighted by Gasteiger charge is 2.53. The second kappa shape index (κ2) is 6.06. The van der Waals surface area contributed by atoms with E-state index in [-0.39, 0.29) is 23.2 Å². The van der Waals surface area contributed by atoms with Crippen LogP contribution in [0.1, 0.15) is 74.0 Å². The van der Waals surface area contributed by atoms with Crippen LogP contribution >= 0.6 is 0 Å². The average Bonchev–Trinajstić information content (AvgIpc) is 3.17. The molecule has 0 aliphatic heterocycles. The van der Waals surface area contributed by atoms with Crippen LogP contribution in [0.5, 0.6) is 0 Å². The van der Waals surface area contributed by atoms with Crippen molar-refractivity contribution in [3.63, 3.8) is 0 Å². The van der Waals surface area contributed by atoms with E-state index in [0.29, 0.717) is 5.82 Å². The maximum absolute atomic E-state index is 13.6.